The molecular weight excluding hydrogens is 526 g/mol. The maximum Gasteiger partial charge on any atom is 0.418 e. The summed E-state index contributed by atoms with van der Waals surface area (Å²) >= 11 is 0. The number of ether oxygens (including phenoxy) is 2. The van der Waals surface area contributed by atoms with E-state index in [1.54, 1.807) is 60.7 Å². The minimum absolute atomic E-state index is 0.0547. The van der Waals surface area contributed by atoms with Gasteiger partial charge in [-0.25, -0.2) is 9.59 Å². The number of amides is 2. The topological polar surface area (TPSA) is 117 Å². The molecule has 2 unspecified atom stereocenters. The molecule has 4 N–H and O–H groups in total. The van der Waals surface area contributed by atoms with Gasteiger partial charge < -0.3 is 30.3 Å². The van der Waals surface area contributed by atoms with Crippen LogP contribution in [0.1, 0.15) is 25.0 Å². The van der Waals surface area contributed by atoms with Gasteiger partial charge in [-0.2, -0.15) is 26.3 Å². The highest BCUT2D eigenvalue weighted by Crippen LogP contribution is 2.30. The first-order valence-electron chi connectivity index (χ1n) is 10.9. The number of carbonyl (C=O) groups is 2. The molecule has 0 saturated heterocycles. The minimum atomic E-state index is -4.82. The summed E-state index contributed by atoms with van der Waals surface area (Å²) in [4.78, 5) is 22.4. The van der Waals surface area contributed by atoms with E-state index in [4.69, 9.17) is 19.7 Å². The molecule has 0 radical (unpaired) electrons. The van der Waals surface area contributed by atoms with Crippen LogP contribution in [0.2, 0.25) is 0 Å². The third-order valence-electron chi connectivity index (χ3n) is 4.80. The molecule has 2 atom stereocenters. The van der Waals surface area contributed by atoms with Gasteiger partial charge in [0.2, 0.25) is 0 Å². The monoisotopic (exact) mass is 554 g/mol. The zero-order valence-electron chi connectivity index (χ0n) is 20.4. The molecule has 212 valence electrons. The van der Waals surface area contributed by atoms with E-state index >= 15 is 0 Å². The Balaban J connectivity index is 0.000000380. The number of aliphatic hydroxyl groups is 2. The Hall–Kier alpha value is -3.52. The van der Waals surface area contributed by atoms with Crippen LogP contribution in [0.25, 0.3) is 0 Å². The lowest BCUT2D eigenvalue weighted by Gasteiger charge is -2.26. The van der Waals surface area contributed by atoms with Crippen LogP contribution in [0.5, 0.6) is 0 Å². The average molecular weight is 554 g/mol. The lowest BCUT2D eigenvalue weighted by molar-refractivity contribution is -0.250. The number of carbonyl (C=O) groups excluding carboxylic acids is 2. The number of rotatable bonds is 8. The van der Waals surface area contributed by atoms with E-state index in [1.807, 2.05) is 10.6 Å². The van der Waals surface area contributed by atoms with Crippen molar-refractivity contribution in [1.82, 2.24) is 10.6 Å². The molecule has 8 nitrogen and oxygen atoms in total. The summed E-state index contributed by atoms with van der Waals surface area (Å²) in [6.45, 7) is -0.898. The van der Waals surface area contributed by atoms with Gasteiger partial charge in [0, 0.05) is 0 Å². The van der Waals surface area contributed by atoms with Gasteiger partial charge >= 0.3 is 24.5 Å². The van der Waals surface area contributed by atoms with E-state index in [2.05, 4.69) is 0 Å². The molecule has 2 aromatic rings. The SMILES string of the molecule is CC(O)(CNC(=O)OCc1ccccc1)C(F)(F)F.CC(O)(CNC(=O)OCc1ccccc1)C(F)(F)F. The molecule has 0 aliphatic rings. The minimum Gasteiger partial charge on any atom is -0.445 e. The van der Waals surface area contributed by atoms with Gasteiger partial charge in [0.25, 0.3) is 0 Å². The van der Waals surface area contributed by atoms with Gasteiger partial charge in [-0.05, 0) is 25.0 Å². The standard InChI is InChI=1S/2C12H14F3NO3/c2*1-11(18,12(13,14)15)8-16-10(17)19-7-9-5-3-2-4-6-9/h2*2-6,18H,7-8H2,1H3,(H,16,17). The molecule has 2 amide bonds. The Bertz CT molecular complexity index is 917. The maximum atomic E-state index is 12.3. The molecule has 2 aromatic carbocycles. The van der Waals surface area contributed by atoms with Crippen molar-refractivity contribution >= 4 is 12.2 Å². The van der Waals surface area contributed by atoms with Gasteiger partial charge in [-0.1, -0.05) is 60.7 Å². The fraction of sp³-hybridized carbons (Fsp3) is 0.417. The number of nitrogens with one attached hydrogen (secondary N) is 2. The predicted molar refractivity (Wildman–Crippen MR) is 123 cm³/mol. The average Bonchev–Trinajstić information content (AvgIpc) is 2.84. The van der Waals surface area contributed by atoms with Crippen molar-refractivity contribution in [1.29, 1.82) is 0 Å². The first-order valence-corrected chi connectivity index (χ1v) is 10.9. The molecule has 0 bridgehead atoms. The first kappa shape index (κ1) is 32.5. The zero-order chi connectivity index (χ0) is 29.0. The van der Waals surface area contributed by atoms with E-state index in [-0.39, 0.29) is 13.2 Å². The number of alkyl halides is 6. The molecule has 0 aliphatic carbocycles. The molecule has 0 heterocycles. The lowest BCUT2D eigenvalue weighted by atomic mass is 10.1. The van der Waals surface area contributed by atoms with Crippen LogP contribution in [-0.2, 0) is 22.7 Å². The molecule has 38 heavy (non-hydrogen) atoms. The Kier molecular flexibility index (Phi) is 11.9. The Morgan fingerprint density at radius 1 is 0.658 bits per heavy atom. The van der Waals surface area contributed by atoms with E-state index in [0.717, 1.165) is 0 Å². The van der Waals surface area contributed by atoms with Crippen molar-refractivity contribution in [3.05, 3.63) is 71.8 Å². The molecule has 0 aromatic heterocycles. The molecule has 0 fully saturated rings. The zero-order valence-corrected chi connectivity index (χ0v) is 20.4. The van der Waals surface area contributed by atoms with Crippen molar-refractivity contribution in [2.24, 2.45) is 0 Å². The fourth-order valence-electron chi connectivity index (χ4n) is 2.24. The molecule has 14 heteroatoms. The third-order valence-corrected chi connectivity index (χ3v) is 4.80. The Morgan fingerprint density at radius 3 is 1.21 bits per heavy atom. The fourth-order valence-corrected chi connectivity index (χ4v) is 2.24. The summed E-state index contributed by atoms with van der Waals surface area (Å²) < 4.78 is 83.2. The summed E-state index contributed by atoms with van der Waals surface area (Å²) in [6.07, 6.45) is -11.7. The summed E-state index contributed by atoms with van der Waals surface area (Å²) in [5.74, 6) is 0. The maximum absolute atomic E-state index is 12.3. The molecule has 0 aliphatic heterocycles. The molecular formula is C24H28F6N2O6. The van der Waals surface area contributed by atoms with Crippen LogP contribution in [0.15, 0.2) is 60.7 Å². The summed E-state index contributed by atoms with van der Waals surface area (Å²) in [5, 5.41) is 21.9. The van der Waals surface area contributed by atoms with Gasteiger partial charge in [-0.3, -0.25) is 0 Å². The Labute approximate surface area is 214 Å². The van der Waals surface area contributed by atoms with E-state index in [0.29, 0.717) is 25.0 Å². The van der Waals surface area contributed by atoms with Crippen LogP contribution in [0.3, 0.4) is 0 Å². The van der Waals surface area contributed by atoms with Crippen molar-refractivity contribution in [3.63, 3.8) is 0 Å². The van der Waals surface area contributed by atoms with Crippen molar-refractivity contribution in [3.8, 4) is 0 Å². The van der Waals surface area contributed by atoms with Crippen LogP contribution in [-0.4, -0.2) is 59.0 Å². The number of hydrogen-bond acceptors (Lipinski definition) is 6. The first-order chi connectivity index (χ1) is 17.4. The predicted octanol–water partition coefficient (Wildman–Crippen LogP) is 4.45. The highest BCUT2D eigenvalue weighted by Gasteiger charge is 2.50. The summed E-state index contributed by atoms with van der Waals surface area (Å²) in [7, 11) is 0. The molecule has 2 rings (SSSR count). The van der Waals surface area contributed by atoms with E-state index < -0.39 is 48.8 Å². The quantitative estimate of drug-likeness (QED) is 0.359. The second-order valence-corrected chi connectivity index (χ2v) is 8.37. The van der Waals surface area contributed by atoms with Crippen molar-refractivity contribution in [2.45, 2.75) is 50.6 Å². The van der Waals surface area contributed by atoms with Gasteiger partial charge in [0.15, 0.2) is 11.2 Å². The largest absolute Gasteiger partial charge is 0.445 e. The lowest BCUT2D eigenvalue weighted by Crippen LogP contribution is -2.51. The molecule has 0 saturated carbocycles. The number of benzene rings is 2. The second-order valence-electron chi connectivity index (χ2n) is 8.37. The highest BCUT2D eigenvalue weighted by molar-refractivity contribution is 5.67. The summed E-state index contributed by atoms with van der Waals surface area (Å²) in [6, 6.07) is 17.4. The normalized spacial score (nSPS) is 14.6. The van der Waals surface area contributed by atoms with Crippen LogP contribution >= 0.6 is 0 Å². The molecule has 0 spiro atoms. The second kappa shape index (κ2) is 13.9. The van der Waals surface area contributed by atoms with Gasteiger partial charge in [0.1, 0.15) is 13.2 Å². The number of hydrogen-bond donors (Lipinski definition) is 4. The van der Waals surface area contributed by atoms with Crippen molar-refractivity contribution < 1.29 is 55.6 Å². The number of halogens is 6. The smallest absolute Gasteiger partial charge is 0.418 e. The third kappa shape index (κ3) is 11.7. The Morgan fingerprint density at radius 2 is 0.947 bits per heavy atom. The van der Waals surface area contributed by atoms with E-state index in [1.165, 1.54) is 0 Å². The van der Waals surface area contributed by atoms with Crippen LogP contribution in [0.4, 0.5) is 35.9 Å². The highest BCUT2D eigenvalue weighted by atomic mass is 19.4. The van der Waals surface area contributed by atoms with E-state index in [9.17, 15) is 35.9 Å². The van der Waals surface area contributed by atoms with Gasteiger partial charge in [0.05, 0.1) is 13.1 Å². The van der Waals surface area contributed by atoms with Crippen LogP contribution in [0, 0.1) is 0 Å². The van der Waals surface area contributed by atoms with Gasteiger partial charge in [-0.15, -0.1) is 0 Å². The summed E-state index contributed by atoms with van der Waals surface area (Å²) in [5.41, 5.74) is -4.56. The van der Waals surface area contributed by atoms with Crippen LogP contribution < -0.4 is 10.6 Å². The number of alkyl carbamates (subject to hydrolysis) is 2. The van der Waals surface area contributed by atoms with Crippen molar-refractivity contribution in [2.75, 3.05) is 13.1 Å².